The van der Waals surface area contributed by atoms with Crippen LogP contribution in [-0.4, -0.2) is 20.6 Å². The zero-order chi connectivity index (χ0) is 19.6. The van der Waals surface area contributed by atoms with Crippen molar-refractivity contribution >= 4 is 28.4 Å². The fourth-order valence-corrected chi connectivity index (χ4v) is 3.77. The van der Waals surface area contributed by atoms with Crippen LogP contribution in [0.5, 0.6) is 0 Å². The number of hydrogen-bond acceptors (Lipinski definition) is 4. The van der Waals surface area contributed by atoms with Crippen molar-refractivity contribution in [2.45, 2.75) is 37.2 Å². The van der Waals surface area contributed by atoms with Crippen molar-refractivity contribution in [1.82, 2.24) is 9.55 Å². The van der Waals surface area contributed by atoms with E-state index < -0.39 is 16.9 Å². The lowest BCUT2D eigenvalue weighted by atomic mass is 10.1. The number of rotatable bonds is 6. The van der Waals surface area contributed by atoms with Crippen molar-refractivity contribution in [1.29, 1.82) is 0 Å². The summed E-state index contributed by atoms with van der Waals surface area (Å²) in [5.74, 6) is -2.42. The van der Waals surface area contributed by atoms with Crippen molar-refractivity contribution in [3.05, 3.63) is 70.0 Å². The molecule has 1 aromatic heterocycles. The summed E-state index contributed by atoms with van der Waals surface area (Å²) in [4.78, 5) is 29.9. The van der Waals surface area contributed by atoms with E-state index in [1.807, 2.05) is 6.92 Å². The summed E-state index contributed by atoms with van der Waals surface area (Å²) in [5, 5.41) is 0.338. The topological polar surface area (TPSA) is 52.0 Å². The van der Waals surface area contributed by atoms with Gasteiger partial charge in [0.05, 0.1) is 16.2 Å². The first-order chi connectivity index (χ1) is 12.9. The van der Waals surface area contributed by atoms with Gasteiger partial charge in [-0.1, -0.05) is 30.8 Å². The Kier molecular flexibility index (Phi) is 5.70. The number of carbonyl (C=O) groups is 1. The molecule has 0 aliphatic rings. The molecule has 1 atom stereocenters. The number of ketones is 1. The lowest BCUT2D eigenvalue weighted by Crippen LogP contribution is -2.25. The molecule has 1 unspecified atom stereocenters. The highest BCUT2D eigenvalue weighted by Crippen LogP contribution is 2.25. The molecule has 27 heavy (non-hydrogen) atoms. The molecule has 140 valence electrons. The first-order valence-corrected chi connectivity index (χ1v) is 9.45. The van der Waals surface area contributed by atoms with E-state index in [1.54, 1.807) is 35.8 Å². The molecule has 0 saturated carbocycles. The quantitative estimate of drug-likeness (QED) is 0.356. The number of carbonyl (C=O) groups excluding carboxylic acids is 1. The van der Waals surface area contributed by atoms with E-state index in [0.717, 1.165) is 30.3 Å². The van der Waals surface area contributed by atoms with E-state index >= 15 is 0 Å². The van der Waals surface area contributed by atoms with Gasteiger partial charge in [0.2, 0.25) is 0 Å². The monoisotopic (exact) mass is 388 g/mol. The molecule has 0 radical (unpaired) electrons. The van der Waals surface area contributed by atoms with Gasteiger partial charge in [0.25, 0.3) is 5.56 Å². The lowest BCUT2D eigenvalue weighted by Gasteiger charge is -2.15. The first-order valence-electron chi connectivity index (χ1n) is 8.58. The second-order valence-corrected chi connectivity index (χ2v) is 7.43. The minimum atomic E-state index is -1.07. The molecule has 0 bridgehead atoms. The predicted octanol–water partition coefficient (Wildman–Crippen LogP) is 4.45. The van der Waals surface area contributed by atoms with E-state index in [4.69, 9.17) is 0 Å². The number of halogens is 2. The van der Waals surface area contributed by atoms with E-state index in [9.17, 15) is 18.4 Å². The van der Waals surface area contributed by atoms with Crippen LogP contribution >= 0.6 is 11.8 Å². The molecule has 0 spiro atoms. The normalized spacial score (nSPS) is 12.3. The molecule has 2 aromatic carbocycles. The highest BCUT2D eigenvalue weighted by Gasteiger charge is 2.21. The minimum absolute atomic E-state index is 0.0825. The molecule has 0 amide bonds. The van der Waals surface area contributed by atoms with Crippen LogP contribution in [0.2, 0.25) is 0 Å². The molecule has 0 aliphatic carbocycles. The zero-order valence-corrected chi connectivity index (χ0v) is 15.7. The average Bonchev–Trinajstić information content (AvgIpc) is 2.66. The maximum atomic E-state index is 13.4. The van der Waals surface area contributed by atoms with Crippen molar-refractivity contribution in [2.24, 2.45) is 0 Å². The first kappa shape index (κ1) is 19.2. The van der Waals surface area contributed by atoms with Crippen LogP contribution in [0.25, 0.3) is 10.9 Å². The highest BCUT2D eigenvalue weighted by atomic mass is 32.2. The second kappa shape index (κ2) is 8.00. The number of benzene rings is 2. The molecule has 3 rings (SSSR count). The summed E-state index contributed by atoms with van der Waals surface area (Å²) >= 11 is 1.14. The van der Waals surface area contributed by atoms with Crippen LogP contribution in [0.3, 0.4) is 0 Å². The molecular weight excluding hydrogens is 370 g/mol. The lowest BCUT2D eigenvalue weighted by molar-refractivity contribution is 0.0993. The van der Waals surface area contributed by atoms with E-state index in [0.29, 0.717) is 22.6 Å². The maximum Gasteiger partial charge on any atom is 0.262 e. The maximum absolute atomic E-state index is 13.4. The molecule has 4 nitrogen and oxygen atoms in total. The van der Waals surface area contributed by atoms with Gasteiger partial charge >= 0.3 is 0 Å². The number of hydrogen-bond donors (Lipinski definition) is 0. The van der Waals surface area contributed by atoms with E-state index in [1.165, 1.54) is 6.07 Å². The van der Waals surface area contributed by atoms with Gasteiger partial charge in [0, 0.05) is 12.1 Å². The summed E-state index contributed by atoms with van der Waals surface area (Å²) in [6.45, 7) is 4.09. The number of nitrogens with zero attached hydrogens (tertiary/aromatic N) is 2. The van der Waals surface area contributed by atoms with Crippen LogP contribution < -0.4 is 5.56 Å². The third-order valence-electron chi connectivity index (χ3n) is 4.13. The molecule has 0 N–H and O–H groups in total. The molecule has 3 aromatic rings. The summed E-state index contributed by atoms with van der Waals surface area (Å²) < 4.78 is 28.1. The number of thioether (sulfide) groups is 1. The van der Waals surface area contributed by atoms with E-state index in [-0.39, 0.29) is 16.9 Å². The number of aromatic nitrogens is 2. The van der Waals surface area contributed by atoms with Crippen LogP contribution in [0, 0.1) is 11.6 Å². The zero-order valence-electron chi connectivity index (χ0n) is 14.9. The minimum Gasteiger partial charge on any atom is -0.293 e. The Hall–Kier alpha value is -2.54. The summed E-state index contributed by atoms with van der Waals surface area (Å²) in [6.07, 6.45) is 0.735. The molecular formula is C20H18F2N2O2S. The number of para-hydroxylation sites is 1. The number of fused-ring (bicyclic) bond motifs is 1. The Bertz CT molecular complexity index is 1070. The van der Waals surface area contributed by atoms with Gasteiger partial charge in [-0.25, -0.2) is 13.8 Å². The fourth-order valence-electron chi connectivity index (χ4n) is 2.75. The smallest absolute Gasteiger partial charge is 0.262 e. The Labute approximate surface area is 159 Å². The summed E-state index contributed by atoms with van der Waals surface area (Å²) in [6, 6.07) is 10.1. The van der Waals surface area contributed by atoms with Crippen molar-refractivity contribution in [3.8, 4) is 0 Å². The van der Waals surface area contributed by atoms with Gasteiger partial charge in [0.15, 0.2) is 22.6 Å². The largest absolute Gasteiger partial charge is 0.293 e. The SMILES string of the molecule is CCCn1c(SC(C)C(=O)c2ccc(F)c(F)c2)nc2ccccc2c1=O. The molecule has 0 aliphatic heterocycles. The Morgan fingerprint density at radius 2 is 1.93 bits per heavy atom. The van der Waals surface area contributed by atoms with Gasteiger partial charge in [-0.3, -0.25) is 14.2 Å². The van der Waals surface area contributed by atoms with Gasteiger partial charge < -0.3 is 0 Å². The van der Waals surface area contributed by atoms with Gasteiger partial charge in [-0.2, -0.15) is 0 Å². The average molecular weight is 388 g/mol. The Balaban J connectivity index is 1.97. The van der Waals surface area contributed by atoms with Gasteiger partial charge in [-0.15, -0.1) is 0 Å². The Morgan fingerprint density at radius 1 is 1.19 bits per heavy atom. The van der Waals surface area contributed by atoms with Crippen molar-refractivity contribution in [2.75, 3.05) is 0 Å². The van der Waals surface area contributed by atoms with Crippen molar-refractivity contribution in [3.63, 3.8) is 0 Å². The van der Waals surface area contributed by atoms with Gasteiger partial charge in [-0.05, 0) is 43.7 Å². The molecule has 0 saturated heterocycles. The number of Topliss-reactive ketones (excluding diaryl/α,β-unsaturated/α-hetero) is 1. The van der Waals surface area contributed by atoms with Crippen LogP contribution in [-0.2, 0) is 6.54 Å². The van der Waals surface area contributed by atoms with Gasteiger partial charge in [0.1, 0.15) is 0 Å². The van der Waals surface area contributed by atoms with Crippen LogP contribution in [0.4, 0.5) is 8.78 Å². The Morgan fingerprint density at radius 3 is 2.63 bits per heavy atom. The summed E-state index contributed by atoms with van der Waals surface area (Å²) in [5.41, 5.74) is 0.487. The van der Waals surface area contributed by atoms with Crippen LogP contribution in [0.15, 0.2) is 52.4 Å². The molecule has 1 heterocycles. The third kappa shape index (κ3) is 3.93. The van der Waals surface area contributed by atoms with Crippen molar-refractivity contribution < 1.29 is 13.6 Å². The van der Waals surface area contributed by atoms with E-state index in [2.05, 4.69) is 4.98 Å². The standard InChI is InChI=1S/C20H18F2N2O2S/c1-3-10-24-19(26)14-6-4-5-7-17(14)23-20(24)27-12(2)18(25)13-8-9-15(21)16(22)11-13/h4-9,11-12H,3,10H2,1-2H3. The second-order valence-electron chi connectivity index (χ2n) is 6.12. The van der Waals surface area contributed by atoms with Crippen LogP contribution in [0.1, 0.15) is 30.6 Å². The highest BCUT2D eigenvalue weighted by molar-refractivity contribution is 8.00. The summed E-state index contributed by atoms with van der Waals surface area (Å²) in [7, 11) is 0. The third-order valence-corrected chi connectivity index (χ3v) is 5.22. The molecule has 0 fully saturated rings. The predicted molar refractivity (Wildman–Crippen MR) is 102 cm³/mol. The molecule has 7 heteroatoms. The fraction of sp³-hybridized carbons (Fsp3) is 0.250.